The van der Waals surface area contributed by atoms with Crippen molar-refractivity contribution in [1.82, 2.24) is 14.0 Å². The largest absolute Gasteiger partial charge is 0.385 e. The van der Waals surface area contributed by atoms with E-state index in [9.17, 15) is 0 Å². The molecular weight excluding hydrogens is 705 g/mol. The summed E-state index contributed by atoms with van der Waals surface area (Å²) in [5.74, 6) is 2.20. The predicted molar refractivity (Wildman–Crippen MR) is 229 cm³/mol. The molecule has 54 heavy (non-hydrogen) atoms. The lowest BCUT2D eigenvalue weighted by molar-refractivity contribution is -0.692. The van der Waals surface area contributed by atoms with Crippen molar-refractivity contribution in [2.24, 2.45) is 7.05 Å². The molecule has 1 aliphatic rings. The molecule has 0 amide bonds. The van der Waals surface area contributed by atoms with Crippen LogP contribution in [0.4, 0.5) is 11.4 Å². The number of aryl methyl sites for hydroxylation is 5. The van der Waals surface area contributed by atoms with Crippen molar-refractivity contribution in [2.75, 3.05) is 48.8 Å². The Labute approximate surface area is 329 Å². The van der Waals surface area contributed by atoms with Crippen molar-refractivity contribution < 1.29 is 13.7 Å². The van der Waals surface area contributed by atoms with Gasteiger partial charge in [0.05, 0.1) is 26.2 Å². The normalized spacial score (nSPS) is 12.9. The number of rotatable bonds is 21. The quantitative estimate of drug-likeness (QED) is 0.0466. The molecule has 280 valence electrons. The first-order valence-electron chi connectivity index (χ1n) is 19.0. The zero-order valence-corrected chi connectivity index (χ0v) is 33.3. The van der Waals surface area contributed by atoms with Crippen molar-refractivity contribution in [3.63, 3.8) is 0 Å². The summed E-state index contributed by atoms with van der Waals surface area (Å²) in [6, 6.07) is 21.6. The van der Waals surface area contributed by atoms with Crippen LogP contribution in [0.25, 0.3) is 18.2 Å². The zero-order chi connectivity index (χ0) is 37.2. The molecule has 8 nitrogen and oxygen atoms in total. The molecule has 0 atom stereocenters. The molecule has 2 N–H and O–H groups in total. The van der Waals surface area contributed by atoms with Gasteiger partial charge in [0.25, 0.3) is 0 Å². The summed E-state index contributed by atoms with van der Waals surface area (Å²) in [7, 11) is 8.05. The van der Waals surface area contributed by atoms with E-state index in [-0.39, 0.29) is 0 Å². The van der Waals surface area contributed by atoms with Crippen molar-refractivity contribution >= 4 is 51.2 Å². The second-order valence-electron chi connectivity index (χ2n) is 13.7. The van der Waals surface area contributed by atoms with Crippen LogP contribution < -0.4 is 24.3 Å². The number of hydrogen-bond donors (Lipinski definition) is 2. The van der Waals surface area contributed by atoms with Crippen LogP contribution in [-0.4, -0.2) is 52.2 Å². The summed E-state index contributed by atoms with van der Waals surface area (Å²) in [6.07, 6.45) is 34.7. The average Bonchev–Trinajstić information content (AvgIpc) is 3.86. The van der Waals surface area contributed by atoms with E-state index in [4.69, 9.17) is 0 Å². The molecule has 0 fully saturated rings. The van der Waals surface area contributed by atoms with E-state index < -0.39 is 0 Å². The van der Waals surface area contributed by atoms with Crippen LogP contribution in [0.3, 0.4) is 0 Å². The van der Waals surface area contributed by atoms with Gasteiger partial charge in [-0.25, -0.2) is 22.8 Å². The Morgan fingerprint density at radius 3 is 1.65 bits per heavy atom. The third-order valence-corrected chi connectivity index (χ3v) is 11.5. The first-order chi connectivity index (χ1) is 26.5. The third kappa shape index (κ3) is 13.5. The van der Waals surface area contributed by atoms with Gasteiger partial charge in [-0.1, -0.05) is 76.2 Å². The van der Waals surface area contributed by atoms with Gasteiger partial charge >= 0.3 is 0 Å². The molecule has 10 heteroatoms. The van der Waals surface area contributed by atoms with Crippen LogP contribution in [0.5, 0.6) is 0 Å². The maximum Gasteiger partial charge on any atom is 0.243 e. The minimum Gasteiger partial charge on any atom is -0.385 e. The summed E-state index contributed by atoms with van der Waals surface area (Å²) < 4.78 is 11.2. The van der Waals surface area contributed by atoms with Gasteiger partial charge in [0, 0.05) is 74.5 Å². The fourth-order valence-corrected chi connectivity index (χ4v) is 7.91. The van der Waals surface area contributed by atoms with Crippen LogP contribution in [0.1, 0.15) is 29.5 Å². The van der Waals surface area contributed by atoms with E-state index >= 15 is 0 Å². The Morgan fingerprint density at radius 2 is 1.15 bits per heavy atom. The number of nitrogens with zero attached hydrogens (tertiary/aromatic N) is 6. The third-order valence-electron chi connectivity index (χ3n) is 9.18. The Hall–Kier alpha value is -4.93. The highest BCUT2D eigenvalue weighted by atomic mass is 33.1. The first-order valence-corrected chi connectivity index (χ1v) is 21.4. The Kier molecular flexibility index (Phi) is 15.1. The number of imidazole rings is 2. The molecule has 0 radical (unpaired) electrons. The zero-order valence-electron chi connectivity index (χ0n) is 31.7. The lowest BCUT2D eigenvalue weighted by Crippen LogP contribution is -2.33. The van der Waals surface area contributed by atoms with Crippen molar-refractivity contribution in [1.29, 1.82) is 0 Å². The molecule has 0 unspecified atom stereocenters. The minimum atomic E-state index is 0.948. The van der Waals surface area contributed by atoms with Crippen LogP contribution in [0.2, 0.25) is 0 Å². The average molecular weight is 760 g/mol. The van der Waals surface area contributed by atoms with Crippen LogP contribution in [0, 0.1) is 0 Å². The summed E-state index contributed by atoms with van der Waals surface area (Å²) in [4.78, 5) is 2.17. The number of likely N-dealkylation sites (N-methyl/N-ethyl adjacent to an activating group) is 1. The number of anilines is 2. The van der Waals surface area contributed by atoms with Gasteiger partial charge in [-0.3, -0.25) is 0 Å². The molecule has 0 bridgehead atoms. The Balaban J connectivity index is 0.772. The van der Waals surface area contributed by atoms with E-state index in [1.807, 2.05) is 33.2 Å². The van der Waals surface area contributed by atoms with Crippen molar-refractivity contribution in [2.45, 2.75) is 39.0 Å². The maximum atomic E-state index is 3.57. The smallest absolute Gasteiger partial charge is 0.243 e. The van der Waals surface area contributed by atoms with Gasteiger partial charge in [-0.2, -0.15) is 0 Å². The van der Waals surface area contributed by atoms with Gasteiger partial charge in [0.15, 0.2) is 12.4 Å². The Bertz CT molecular complexity index is 1970. The van der Waals surface area contributed by atoms with Crippen molar-refractivity contribution in [3.05, 3.63) is 157 Å². The highest BCUT2D eigenvalue weighted by Crippen LogP contribution is 2.20. The molecule has 3 aromatic heterocycles. The molecular formula is C44H55N8S2+3. The van der Waals surface area contributed by atoms with E-state index in [1.165, 1.54) is 28.0 Å². The molecule has 6 rings (SSSR count). The second-order valence-corrected chi connectivity index (χ2v) is 16.4. The van der Waals surface area contributed by atoms with Crippen LogP contribution in [0.15, 0.2) is 141 Å². The summed E-state index contributed by atoms with van der Waals surface area (Å²) >= 11 is 0. The van der Waals surface area contributed by atoms with Gasteiger partial charge in [0.2, 0.25) is 12.7 Å². The number of benzene rings is 2. The molecule has 0 spiro atoms. The molecule has 4 heterocycles. The minimum absolute atomic E-state index is 0.948. The lowest BCUT2D eigenvalue weighted by atomic mass is 10.1. The summed E-state index contributed by atoms with van der Waals surface area (Å²) in [5, 5.41) is 7.13. The fraction of sp³-hybridized carbons (Fsp3) is 0.295. The SMILES string of the molecule is CN1C=CC(/C=C/c2ccc(NCCCn3cc[n+](CCSSCC[n+]4ccn(CCCNc5ccc(/C=C/c6cc[n+](C)cc6)cc5)c4)c3)cc2)=CC1. The van der Waals surface area contributed by atoms with E-state index in [0.29, 0.717) is 0 Å². The van der Waals surface area contributed by atoms with E-state index in [2.05, 4.69) is 194 Å². The topological polar surface area (TPSA) is 48.8 Å². The van der Waals surface area contributed by atoms with Crippen molar-refractivity contribution in [3.8, 4) is 0 Å². The molecule has 1 aliphatic heterocycles. The number of pyridine rings is 1. The van der Waals surface area contributed by atoms with Gasteiger partial charge < -0.3 is 15.5 Å². The Morgan fingerprint density at radius 1 is 0.648 bits per heavy atom. The van der Waals surface area contributed by atoms with E-state index in [1.54, 1.807) is 0 Å². The molecule has 0 aliphatic carbocycles. The van der Waals surface area contributed by atoms with Gasteiger partial charge in [0.1, 0.15) is 31.8 Å². The number of nitrogens with one attached hydrogen (secondary N) is 2. The number of aromatic nitrogens is 5. The maximum absolute atomic E-state index is 3.57. The molecule has 2 aromatic carbocycles. The van der Waals surface area contributed by atoms with Crippen LogP contribution >= 0.6 is 21.6 Å². The van der Waals surface area contributed by atoms with Gasteiger partial charge in [-0.15, -0.1) is 0 Å². The first kappa shape index (κ1) is 38.8. The highest BCUT2D eigenvalue weighted by Gasteiger charge is 2.07. The highest BCUT2D eigenvalue weighted by molar-refractivity contribution is 8.76. The van der Waals surface area contributed by atoms with Crippen LogP contribution in [-0.2, 0) is 33.2 Å². The fourth-order valence-electron chi connectivity index (χ4n) is 5.95. The number of hydrogen-bond acceptors (Lipinski definition) is 5. The summed E-state index contributed by atoms with van der Waals surface area (Å²) in [5.41, 5.74) is 7.21. The number of allylic oxidation sites excluding steroid dienone is 3. The standard InChI is InChI=1S/C44H54N8S2/c1-47-25-17-41(18-26-47)7-5-39-9-13-43(14-10-39)45-21-3-23-49-29-31-51(37-49)33-35-53-54-36-34-52-32-30-50(38-52)24-4-22-46-44-15-11-40(12-16-44)6-8-42-19-27-48(2)28-20-42/h5-20,25-27,29-32,37-38,46H,3-4,21-24,28,33-36H2,1-2H3/q+2/p+1/b8-6+. The molecule has 0 saturated heterocycles. The van der Waals surface area contributed by atoms with Gasteiger partial charge in [-0.05, 0) is 58.8 Å². The predicted octanol–water partition coefficient (Wildman–Crippen LogP) is 7.34. The second kappa shape index (κ2) is 21.1. The molecule has 5 aromatic rings. The summed E-state index contributed by atoms with van der Waals surface area (Å²) in [6.45, 7) is 6.93. The monoisotopic (exact) mass is 759 g/mol. The van der Waals surface area contributed by atoms with E-state index in [0.717, 1.165) is 75.8 Å². The lowest BCUT2D eigenvalue weighted by Gasteiger charge is -2.15. The molecule has 0 saturated carbocycles.